The first-order valence-corrected chi connectivity index (χ1v) is 6.35. The Morgan fingerprint density at radius 1 is 1.28 bits per heavy atom. The molecule has 1 aromatic rings. The van der Waals surface area contributed by atoms with Crippen LogP contribution < -0.4 is 5.32 Å². The van der Waals surface area contributed by atoms with Crippen molar-refractivity contribution >= 4 is 0 Å². The summed E-state index contributed by atoms with van der Waals surface area (Å²) in [6.45, 7) is 4.56. The Bertz CT molecular complexity index is 371. The number of hydrogen-bond acceptors (Lipinski definition) is 2. The highest BCUT2D eigenvalue weighted by atomic mass is 19.1. The van der Waals surface area contributed by atoms with Gasteiger partial charge in [-0.25, -0.2) is 8.78 Å². The van der Waals surface area contributed by atoms with Gasteiger partial charge in [-0.3, -0.25) is 0 Å². The van der Waals surface area contributed by atoms with E-state index >= 15 is 0 Å². The van der Waals surface area contributed by atoms with Crippen LogP contribution in [-0.4, -0.2) is 25.8 Å². The van der Waals surface area contributed by atoms with Crippen LogP contribution in [0.3, 0.4) is 0 Å². The summed E-state index contributed by atoms with van der Waals surface area (Å²) in [5, 5.41) is 3.12. The Hall–Kier alpha value is -1.00. The minimum Gasteiger partial charge on any atom is -0.377 e. The molecule has 0 amide bonds. The Morgan fingerprint density at radius 3 is 2.56 bits per heavy atom. The van der Waals surface area contributed by atoms with Crippen LogP contribution >= 0.6 is 0 Å². The first-order chi connectivity index (χ1) is 8.62. The van der Waals surface area contributed by atoms with Crippen molar-refractivity contribution < 1.29 is 13.5 Å². The van der Waals surface area contributed by atoms with Crippen LogP contribution in [0, 0.1) is 11.6 Å². The van der Waals surface area contributed by atoms with E-state index in [0.29, 0.717) is 18.6 Å². The molecule has 18 heavy (non-hydrogen) atoms. The minimum absolute atomic E-state index is 0.00247. The molecule has 0 aliphatic heterocycles. The van der Waals surface area contributed by atoms with Gasteiger partial charge in [0.15, 0.2) is 0 Å². The van der Waals surface area contributed by atoms with Crippen LogP contribution in [0.4, 0.5) is 8.78 Å². The first kappa shape index (κ1) is 15.1. The van der Waals surface area contributed by atoms with E-state index in [9.17, 15) is 8.78 Å². The monoisotopic (exact) mass is 257 g/mol. The molecule has 0 aliphatic carbocycles. The van der Waals surface area contributed by atoms with E-state index in [-0.39, 0.29) is 18.0 Å². The highest BCUT2D eigenvalue weighted by molar-refractivity contribution is 5.20. The maximum Gasteiger partial charge on any atom is 0.126 e. The molecule has 0 spiro atoms. The van der Waals surface area contributed by atoms with Gasteiger partial charge in [-0.05, 0) is 50.6 Å². The smallest absolute Gasteiger partial charge is 0.126 e. The quantitative estimate of drug-likeness (QED) is 0.811. The largest absolute Gasteiger partial charge is 0.377 e. The molecule has 0 heterocycles. The second-order valence-electron chi connectivity index (χ2n) is 4.24. The minimum atomic E-state index is -0.411. The Kier molecular flexibility index (Phi) is 6.22. The zero-order valence-corrected chi connectivity index (χ0v) is 11.2. The van der Waals surface area contributed by atoms with Gasteiger partial charge < -0.3 is 10.1 Å². The summed E-state index contributed by atoms with van der Waals surface area (Å²) >= 11 is 0. The number of nitrogens with one attached hydrogen (secondary N) is 1. The van der Waals surface area contributed by atoms with Gasteiger partial charge in [-0.1, -0.05) is 6.92 Å². The second kappa shape index (κ2) is 7.44. The summed E-state index contributed by atoms with van der Waals surface area (Å²) in [4.78, 5) is 0. The molecule has 0 fully saturated rings. The number of likely N-dealkylation sites (N-methyl/N-ethyl adjacent to an activating group) is 1. The van der Waals surface area contributed by atoms with Crippen molar-refractivity contribution in [3.63, 3.8) is 0 Å². The highest BCUT2D eigenvalue weighted by Gasteiger charge is 2.20. The molecule has 102 valence electrons. The average molecular weight is 257 g/mol. The van der Waals surface area contributed by atoms with Gasteiger partial charge in [0.05, 0.1) is 6.10 Å². The molecular formula is C14H21F2NO. The van der Waals surface area contributed by atoms with E-state index in [1.54, 1.807) is 0 Å². The topological polar surface area (TPSA) is 21.3 Å². The van der Waals surface area contributed by atoms with Crippen molar-refractivity contribution in [2.75, 3.05) is 13.7 Å². The molecule has 2 nitrogen and oxygen atoms in total. The molecule has 0 radical (unpaired) electrons. The van der Waals surface area contributed by atoms with Crippen molar-refractivity contribution in [2.24, 2.45) is 0 Å². The van der Waals surface area contributed by atoms with E-state index in [2.05, 4.69) is 5.32 Å². The third-order valence-corrected chi connectivity index (χ3v) is 3.05. The van der Waals surface area contributed by atoms with Gasteiger partial charge >= 0.3 is 0 Å². The lowest BCUT2D eigenvalue weighted by molar-refractivity contribution is 0.0337. The fraction of sp³-hybridized carbons (Fsp3) is 0.571. The molecule has 0 saturated carbocycles. The van der Waals surface area contributed by atoms with Crippen LogP contribution in [-0.2, 0) is 11.2 Å². The van der Waals surface area contributed by atoms with Crippen molar-refractivity contribution in [1.29, 1.82) is 0 Å². The van der Waals surface area contributed by atoms with E-state index < -0.39 is 5.82 Å². The molecule has 0 aromatic heterocycles. The lowest BCUT2D eigenvalue weighted by Gasteiger charge is -2.26. The lowest BCUT2D eigenvalue weighted by atomic mass is 9.99. The Balaban J connectivity index is 2.81. The highest BCUT2D eigenvalue weighted by Crippen LogP contribution is 2.15. The maximum atomic E-state index is 13.6. The standard InChI is InChI=1S/C14H21F2NO/c1-4-14(18-5-2)13(17-3)9-10-8-11(15)6-7-12(10)16/h6-8,13-14,17H,4-5,9H2,1-3H3. The van der Waals surface area contributed by atoms with Gasteiger partial charge in [0, 0.05) is 12.6 Å². The molecule has 1 rings (SSSR count). The lowest BCUT2D eigenvalue weighted by Crippen LogP contribution is -2.41. The van der Waals surface area contributed by atoms with Gasteiger partial charge in [0.1, 0.15) is 11.6 Å². The van der Waals surface area contributed by atoms with E-state index in [0.717, 1.165) is 12.5 Å². The van der Waals surface area contributed by atoms with Crippen molar-refractivity contribution in [3.8, 4) is 0 Å². The number of benzene rings is 1. The van der Waals surface area contributed by atoms with Gasteiger partial charge in [-0.15, -0.1) is 0 Å². The first-order valence-electron chi connectivity index (χ1n) is 6.35. The van der Waals surface area contributed by atoms with Crippen LogP contribution in [0.15, 0.2) is 18.2 Å². The molecule has 0 bridgehead atoms. The zero-order chi connectivity index (χ0) is 13.5. The fourth-order valence-electron chi connectivity index (χ4n) is 2.09. The van der Waals surface area contributed by atoms with E-state index in [1.165, 1.54) is 12.1 Å². The van der Waals surface area contributed by atoms with Gasteiger partial charge in [0.25, 0.3) is 0 Å². The molecule has 2 unspecified atom stereocenters. The number of hydrogen-bond donors (Lipinski definition) is 1. The SMILES string of the molecule is CCOC(CC)C(Cc1cc(F)ccc1F)NC. The number of ether oxygens (including phenoxy) is 1. The number of rotatable bonds is 7. The van der Waals surface area contributed by atoms with Gasteiger partial charge in [-0.2, -0.15) is 0 Å². The normalized spacial score (nSPS) is 14.5. The summed E-state index contributed by atoms with van der Waals surface area (Å²) < 4.78 is 32.3. The predicted octanol–water partition coefficient (Wildman–Crippen LogP) is 2.91. The van der Waals surface area contributed by atoms with Crippen molar-refractivity contribution in [2.45, 2.75) is 38.8 Å². The third kappa shape index (κ3) is 4.03. The van der Waals surface area contributed by atoms with Gasteiger partial charge in [0.2, 0.25) is 0 Å². The molecule has 1 N–H and O–H groups in total. The Labute approximate surface area is 107 Å². The van der Waals surface area contributed by atoms with E-state index in [1.807, 2.05) is 20.9 Å². The molecule has 2 atom stereocenters. The van der Waals surface area contributed by atoms with Crippen LogP contribution in [0.5, 0.6) is 0 Å². The molecule has 4 heteroatoms. The number of halogens is 2. The molecule has 0 aliphatic rings. The average Bonchev–Trinajstić information content (AvgIpc) is 2.37. The van der Waals surface area contributed by atoms with Crippen LogP contribution in [0.1, 0.15) is 25.8 Å². The molecule has 1 aromatic carbocycles. The van der Waals surface area contributed by atoms with Crippen LogP contribution in [0.2, 0.25) is 0 Å². The summed E-state index contributed by atoms with van der Waals surface area (Å²) in [7, 11) is 1.81. The summed E-state index contributed by atoms with van der Waals surface area (Å²) in [5.41, 5.74) is 0.382. The summed E-state index contributed by atoms with van der Waals surface area (Å²) in [6.07, 6.45) is 1.25. The molecular weight excluding hydrogens is 236 g/mol. The predicted molar refractivity (Wildman–Crippen MR) is 68.6 cm³/mol. The summed E-state index contributed by atoms with van der Waals surface area (Å²) in [6, 6.07) is 3.52. The fourth-order valence-corrected chi connectivity index (χ4v) is 2.09. The second-order valence-corrected chi connectivity index (χ2v) is 4.24. The molecule has 0 saturated heterocycles. The van der Waals surface area contributed by atoms with E-state index in [4.69, 9.17) is 4.74 Å². The third-order valence-electron chi connectivity index (χ3n) is 3.05. The Morgan fingerprint density at radius 2 is 2.00 bits per heavy atom. The zero-order valence-electron chi connectivity index (χ0n) is 11.2. The van der Waals surface area contributed by atoms with Crippen LogP contribution in [0.25, 0.3) is 0 Å². The maximum absolute atomic E-state index is 13.6. The van der Waals surface area contributed by atoms with Crippen molar-refractivity contribution in [3.05, 3.63) is 35.4 Å². The van der Waals surface area contributed by atoms with Crippen molar-refractivity contribution in [1.82, 2.24) is 5.32 Å². The summed E-state index contributed by atoms with van der Waals surface area (Å²) in [5.74, 6) is -0.784.